The molecule has 1 heterocycles. The second-order valence-corrected chi connectivity index (χ2v) is 4.90. The molecule has 1 aliphatic carbocycles. The van der Waals surface area contributed by atoms with E-state index in [0.29, 0.717) is 6.10 Å². The molecular formula is C12H23NO. The van der Waals surface area contributed by atoms with Crippen LogP contribution in [0.15, 0.2) is 0 Å². The van der Waals surface area contributed by atoms with Gasteiger partial charge in [0.2, 0.25) is 0 Å². The number of rotatable bonds is 3. The fourth-order valence-electron chi connectivity index (χ4n) is 2.80. The first-order valence-electron chi connectivity index (χ1n) is 6.23. The molecule has 2 fully saturated rings. The summed E-state index contributed by atoms with van der Waals surface area (Å²) in [6.45, 7) is 4.42. The van der Waals surface area contributed by atoms with Crippen molar-refractivity contribution < 1.29 is 4.74 Å². The van der Waals surface area contributed by atoms with Crippen molar-refractivity contribution in [2.24, 2.45) is 0 Å². The Labute approximate surface area is 87.4 Å². The molecule has 2 nitrogen and oxygen atoms in total. The zero-order valence-electron chi connectivity index (χ0n) is 9.35. The zero-order valence-corrected chi connectivity index (χ0v) is 9.35. The van der Waals surface area contributed by atoms with Gasteiger partial charge in [-0.2, -0.15) is 0 Å². The molecular weight excluding hydrogens is 174 g/mol. The molecule has 82 valence electrons. The van der Waals surface area contributed by atoms with Gasteiger partial charge in [0.15, 0.2) is 0 Å². The first-order valence-corrected chi connectivity index (χ1v) is 6.23. The minimum Gasteiger partial charge on any atom is -0.369 e. The number of ether oxygens (including phenoxy) is 1. The largest absolute Gasteiger partial charge is 0.369 e. The van der Waals surface area contributed by atoms with Crippen molar-refractivity contribution in [1.29, 1.82) is 0 Å². The highest BCUT2D eigenvalue weighted by Gasteiger charge is 2.39. The van der Waals surface area contributed by atoms with Crippen molar-refractivity contribution in [1.82, 2.24) is 5.32 Å². The van der Waals surface area contributed by atoms with Crippen LogP contribution < -0.4 is 5.32 Å². The van der Waals surface area contributed by atoms with Gasteiger partial charge in [0, 0.05) is 13.1 Å². The average Bonchev–Trinajstić information content (AvgIpc) is 2.63. The summed E-state index contributed by atoms with van der Waals surface area (Å²) in [6, 6.07) is 0. The van der Waals surface area contributed by atoms with Crippen LogP contribution in [0.4, 0.5) is 0 Å². The molecule has 1 saturated heterocycles. The summed E-state index contributed by atoms with van der Waals surface area (Å²) >= 11 is 0. The van der Waals surface area contributed by atoms with Gasteiger partial charge in [-0.1, -0.05) is 32.6 Å². The monoisotopic (exact) mass is 197 g/mol. The summed E-state index contributed by atoms with van der Waals surface area (Å²) in [6.07, 6.45) is 9.61. The van der Waals surface area contributed by atoms with E-state index in [2.05, 4.69) is 12.2 Å². The van der Waals surface area contributed by atoms with Crippen LogP contribution in [0.3, 0.4) is 0 Å². The zero-order chi connectivity index (χ0) is 9.86. The minimum absolute atomic E-state index is 0.233. The van der Waals surface area contributed by atoms with Crippen LogP contribution in [-0.2, 0) is 4.74 Å². The molecule has 1 aliphatic heterocycles. The van der Waals surface area contributed by atoms with Crippen molar-refractivity contribution in [2.75, 3.05) is 13.1 Å². The molecule has 2 aliphatic rings. The van der Waals surface area contributed by atoms with Gasteiger partial charge in [-0.3, -0.25) is 0 Å². The summed E-state index contributed by atoms with van der Waals surface area (Å²) < 4.78 is 6.27. The van der Waals surface area contributed by atoms with E-state index < -0.39 is 0 Å². The lowest BCUT2D eigenvalue weighted by atomic mass is 9.98. The van der Waals surface area contributed by atoms with E-state index in [0.717, 1.165) is 13.1 Å². The third kappa shape index (κ3) is 2.29. The fourth-order valence-corrected chi connectivity index (χ4v) is 2.80. The molecule has 1 N–H and O–H groups in total. The molecule has 1 saturated carbocycles. The highest BCUT2D eigenvalue weighted by Crippen LogP contribution is 2.35. The van der Waals surface area contributed by atoms with Crippen LogP contribution in [0.25, 0.3) is 0 Å². The maximum atomic E-state index is 6.27. The van der Waals surface area contributed by atoms with Gasteiger partial charge in [-0.05, 0) is 19.3 Å². The van der Waals surface area contributed by atoms with Crippen molar-refractivity contribution >= 4 is 0 Å². The molecule has 14 heavy (non-hydrogen) atoms. The predicted molar refractivity (Wildman–Crippen MR) is 58.5 cm³/mol. The van der Waals surface area contributed by atoms with Crippen molar-refractivity contribution in [2.45, 2.75) is 63.6 Å². The van der Waals surface area contributed by atoms with Crippen LogP contribution in [0.5, 0.6) is 0 Å². The van der Waals surface area contributed by atoms with Crippen LogP contribution in [0.1, 0.15) is 51.9 Å². The van der Waals surface area contributed by atoms with Gasteiger partial charge < -0.3 is 10.1 Å². The summed E-state index contributed by atoms with van der Waals surface area (Å²) in [5, 5.41) is 3.55. The van der Waals surface area contributed by atoms with Crippen molar-refractivity contribution in [3.8, 4) is 0 Å². The van der Waals surface area contributed by atoms with Crippen molar-refractivity contribution in [3.05, 3.63) is 0 Å². The van der Waals surface area contributed by atoms with E-state index in [1.165, 1.54) is 44.9 Å². The topological polar surface area (TPSA) is 21.3 Å². The molecule has 2 heteroatoms. The first kappa shape index (κ1) is 10.4. The summed E-state index contributed by atoms with van der Waals surface area (Å²) in [5.74, 6) is 0. The summed E-state index contributed by atoms with van der Waals surface area (Å²) in [5.41, 5.74) is 0.233. The van der Waals surface area contributed by atoms with Gasteiger partial charge in [0.25, 0.3) is 0 Å². The Morgan fingerprint density at radius 2 is 2.14 bits per heavy atom. The number of morpholine rings is 1. The van der Waals surface area contributed by atoms with Crippen LogP contribution in [-0.4, -0.2) is 24.8 Å². The Hall–Kier alpha value is -0.0800. The normalized spacial score (nSPS) is 31.1. The number of nitrogens with one attached hydrogen (secondary N) is 1. The second kappa shape index (κ2) is 4.63. The molecule has 0 radical (unpaired) electrons. The summed E-state index contributed by atoms with van der Waals surface area (Å²) in [7, 11) is 0. The van der Waals surface area contributed by atoms with Gasteiger partial charge in [-0.25, -0.2) is 0 Å². The molecule has 0 bridgehead atoms. The van der Waals surface area contributed by atoms with Crippen LogP contribution in [0.2, 0.25) is 0 Å². The Bertz CT molecular complexity index is 175. The molecule has 1 spiro atoms. The molecule has 0 aromatic rings. The van der Waals surface area contributed by atoms with Crippen LogP contribution in [0, 0.1) is 0 Å². The van der Waals surface area contributed by atoms with E-state index in [9.17, 15) is 0 Å². The second-order valence-electron chi connectivity index (χ2n) is 4.90. The SMILES string of the molecule is CCCCC1CNCC2(CCCC2)O1. The van der Waals surface area contributed by atoms with E-state index in [1.807, 2.05) is 0 Å². The predicted octanol–water partition coefficient (Wildman–Crippen LogP) is 2.48. The standard InChI is InChI=1S/C12H23NO/c1-2-3-6-11-9-13-10-12(14-11)7-4-5-8-12/h11,13H,2-10H2,1H3. The van der Waals surface area contributed by atoms with Gasteiger partial charge in [-0.15, -0.1) is 0 Å². The van der Waals surface area contributed by atoms with Gasteiger partial charge in [0.05, 0.1) is 11.7 Å². The van der Waals surface area contributed by atoms with E-state index in [-0.39, 0.29) is 5.60 Å². The van der Waals surface area contributed by atoms with Crippen molar-refractivity contribution in [3.63, 3.8) is 0 Å². The average molecular weight is 197 g/mol. The lowest BCUT2D eigenvalue weighted by Gasteiger charge is -2.39. The Morgan fingerprint density at radius 1 is 1.36 bits per heavy atom. The first-order chi connectivity index (χ1) is 6.85. The highest BCUT2D eigenvalue weighted by atomic mass is 16.5. The smallest absolute Gasteiger partial charge is 0.0810 e. The van der Waals surface area contributed by atoms with Crippen LogP contribution >= 0.6 is 0 Å². The van der Waals surface area contributed by atoms with Gasteiger partial charge in [0.1, 0.15) is 0 Å². The number of unbranched alkanes of at least 4 members (excludes halogenated alkanes) is 1. The van der Waals surface area contributed by atoms with E-state index >= 15 is 0 Å². The summed E-state index contributed by atoms with van der Waals surface area (Å²) in [4.78, 5) is 0. The Balaban J connectivity index is 1.83. The molecule has 1 atom stereocenters. The number of hydrogen-bond donors (Lipinski definition) is 1. The fraction of sp³-hybridized carbons (Fsp3) is 1.00. The maximum absolute atomic E-state index is 6.27. The molecule has 0 aromatic heterocycles. The Morgan fingerprint density at radius 3 is 2.86 bits per heavy atom. The van der Waals surface area contributed by atoms with E-state index in [4.69, 9.17) is 4.74 Å². The number of hydrogen-bond acceptors (Lipinski definition) is 2. The lowest BCUT2D eigenvalue weighted by molar-refractivity contribution is -0.114. The third-order valence-electron chi connectivity index (χ3n) is 3.63. The van der Waals surface area contributed by atoms with Gasteiger partial charge >= 0.3 is 0 Å². The molecule has 2 rings (SSSR count). The molecule has 1 unspecified atom stereocenters. The minimum atomic E-state index is 0.233. The molecule has 0 amide bonds. The highest BCUT2D eigenvalue weighted by molar-refractivity contribution is 4.92. The molecule has 0 aromatic carbocycles. The quantitative estimate of drug-likeness (QED) is 0.750. The third-order valence-corrected chi connectivity index (χ3v) is 3.63. The lowest BCUT2D eigenvalue weighted by Crippen LogP contribution is -2.52. The van der Waals surface area contributed by atoms with E-state index in [1.54, 1.807) is 0 Å². The Kier molecular flexibility index (Phi) is 3.45. The maximum Gasteiger partial charge on any atom is 0.0810 e.